The van der Waals surface area contributed by atoms with Crippen molar-refractivity contribution in [1.29, 1.82) is 0 Å². The predicted octanol–water partition coefficient (Wildman–Crippen LogP) is 3.68. The smallest absolute Gasteiger partial charge is 0.170 e. The monoisotopic (exact) mass is 400 g/mol. The lowest BCUT2D eigenvalue weighted by atomic mass is 10.3. The molecule has 10 heteroatoms. The molecule has 10 nitrogen and oxygen atoms in total. The van der Waals surface area contributed by atoms with E-state index in [0.717, 1.165) is 9.35 Å². The van der Waals surface area contributed by atoms with Gasteiger partial charge in [0, 0.05) is 0 Å². The van der Waals surface area contributed by atoms with E-state index in [1.54, 1.807) is 72.8 Å². The van der Waals surface area contributed by atoms with Crippen LogP contribution in [-0.2, 0) is 0 Å². The number of hydrogen-bond acceptors (Lipinski definition) is 6. The Morgan fingerprint density at radius 3 is 1.07 bits per heavy atom. The normalized spacial score (nSPS) is 12.3. The fraction of sp³-hybridized carbons (Fsp3) is 0. The topological polar surface area (TPSA) is 122 Å². The third-order valence-corrected chi connectivity index (χ3v) is 4.70. The van der Waals surface area contributed by atoms with Gasteiger partial charge in [-0.05, 0) is 72.8 Å². The van der Waals surface area contributed by atoms with Crippen molar-refractivity contribution in [2.45, 2.75) is 0 Å². The van der Waals surface area contributed by atoms with Crippen LogP contribution in [0.3, 0.4) is 0 Å². The van der Waals surface area contributed by atoms with Crippen molar-refractivity contribution in [1.82, 2.24) is 19.3 Å². The van der Waals surface area contributed by atoms with Crippen molar-refractivity contribution in [3.8, 4) is 0 Å². The lowest BCUT2D eigenvalue weighted by molar-refractivity contribution is -0.533. The number of nitro groups is 2. The largest absolute Gasteiger partial charge is 0.249 e. The Morgan fingerprint density at radius 1 is 0.567 bits per heavy atom. The highest BCUT2D eigenvalue weighted by atomic mass is 16.7. The van der Waals surface area contributed by atoms with Crippen LogP contribution in [0.1, 0.15) is 22.8 Å². The summed E-state index contributed by atoms with van der Waals surface area (Å²) in [6.45, 7) is 0. The van der Waals surface area contributed by atoms with Crippen LogP contribution in [0.5, 0.6) is 0 Å². The third-order valence-electron chi connectivity index (χ3n) is 4.70. The molecule has 146 valence electrons. The molecular formula is C20H12N6O4. The molecule has 0 unspecified atom stereocenters. The minimum atomic E-state index is -0.502. The van der Waals surface area contributed by atoms with Crippen molar-refractivity contribution in [2.24, 2.45) is 0 Å². The van der Waals surface area contributed by atoms with E-state index in [0.29, 0.717) is 44.8 Å². The average Bonchev–Trinajstić information content (AvgIpc) is 3.45. The van der Waals surface area contributed by atoms with Gasteiger partial charge in [-0.2, -0.15) is 0 Å². The molecule has 8 bridgehead atoms. The van der Waals surface area contributed by atoms with Gasteiger partial charge in [0.2, 0.25) is 0 Å². The van der Waals surface area contributed by atoms with Crippen LogP contribution in [0.15, 0.2) is 48.5 Å². The van der Waals surface area contributed by atoms with Crippen LogP contribution < -0.4 is 0 Å². The molecule has 0 aromatic carbocycles. The molecule has 0 fully saturated rings. The Bertz CT molecular complexity index is 1260. The van der Waals surface area contributed by atoms with E-state index in [4.69, 9.17) is 0 Å². The van der Waals surface area contributed by atoms with E-state index in [2.05, 4.69) is 9.97 Å². The SMILES string of the molecule is O=[N+]([O-])n1c2ccc1cc1nc(cc3ccc(cc4nc(c2)C=C4)n3[N+](=O)[O-])C=C1. The number of aromatic nitrogens is 4. The molecule has 3 aromatic heterocycles. The van der Waals surface area contributed by atoms with E-state index in [-0.39, 0.29) is 0 Å². The Balaban J connectivity index is 1.93. The van der Waals surface area contributed by atoms with Gasteiger partial charge >= 0.3 is 0 Å². The summed E-state index contributed by atoms with van der Waals surface area (Å²) in [6, 6.07) is 12.8. The summed E-state index contributed by atoms with van der Waals surface area (Å²) in [4.78, 5) is 32.1. The number of fused-ring (bicyclic) bond motifs is 8. The van der Waals surface area contributed by atoms with E-state index >= 15 is 0 Å². The number of hydrogen-bond donors (Lipinski definition) is 0. The summed E-state index contributed by atoms with van der Waals surface area (Å²) in [6.07, 6.45) is 6.78. The summed E-state index contributed by atoms with van der Waals surface area (Å²) < 4.78 is 1.93. The van der Waals surface area contributed by atoms with E-state index in [1.165, 1.54) is 0 Å². The van der Waals surface area contributed by atoms with E-state index in [9.17, 15) is 20.2 Å². The van der Waals surface area contributed by atoms with Gasteiger partial charge in [0.15, 0.2) is 10.1 Å². The first-order valence-electron chi connectivity index (χ1n) is 8.87. The van der Waals surface area contributed by atoms with Gasteiger partial charge in [-0.1, -0.05) is 9.35 Å². The molecule has 30 heavy (non-hydrogen) atoms. The lowest BCUT2D eigenvalue weighted by Crippen LogP contribution is -2.07. The van der Waals surface area contributed by atoms with Crippen LogP contribution in [-0.4, -0.2) is 29.4 Å². The first-order valence-corrected chi connectivity index (χ1v) is 8.87. The lowest BCUT2D eigenvalue weighted by Gasteiger charge is -1.95. The van der Waals surface area contributed by atoms with E-state index in [1.807, 2.05) is 0 Å². The van der Waals surface area contributed by atoms with Crippen LogP contribution in [0, 0.1) is 20.2 Å². The van der Waals surface area contributed by atoms with Gasteiger partial charge in [0.25, 0.3) is 0 Å². The van der Waals surface area contributed by atoms with Gasteiger partial charge in [0.05, 0.1) is 22.8 Å². The summed E-state index contributed by atoms with van der Waals surface area (Å²) in [5.74, 6) is 0. The molecule has 0 saturated heterocycles. The molecule has 2 aliphatic rings. The molecule has 0 N–H and O–H groups in total. The van der Waals surface area contributed by atoms with Crippen molar-refractivity contribution in [3.05, 3.63) is 91.5 Å². The number of rotatable bonds is 2. The zero-order chi connectivity index (χ0) is 20.8. The summed E-state index contributed by atoms with van der Waals surface area (Å²) in [5, 5.41) is 22.3. The number of nitrogens with zero attached hydrogens (tertiary/aromatic N) is 6. The summed E-state index contributed by atoms with van der Waals surface area (Å²) >= 11 is 0. The molecule has 5 heterocycles. The molecule has 0 amide bonds. The maximum absolute atomic E-state index is 11.6. The highest BCUT2D eigenvalue weighted by Crippen LogP contribution is 2.20. The second-order valence-corrected chi connectivity index (χ2v) is 6.63. The van der Waals surface area contributed by atoms with Crippen molar-refractivity contribution in [3.63, 3.8) is 0 Å². The van der Waals surface area contributed by atoms with Crippen LogP contribution in [0.2, 0.25) is 0 Å². The van der Waals surface area contributed by atoms with Crippen LogP contribution >= 0.6 is 0 Å². The Labute approximate surface area is 167 Å². The average molecular weight is 400 g/mol. The highest BCUT2D eigenvalue weighted by Gasteiger charge is 2.13. The van der Waals surface area contributed by atoms with Crippen molar-refractivity contribution >= 4 is 46.4 Å². The fourth-order valence-corrected chi connectivity index (χ4v) is 3.45. The molecule has 0 aliphatic carbocycles. The zero-order valence-corrected chi connectivity index (χ0v) is 15.2. The maximum Gasteiger partial charge on any atom is 0.170 e. The van der Waals surface area contributed by atoms with Gasteiger partial charge in [-0.15, -0.1) is 0 Å². The molecule has 0 atom stereocenters. The fourth-order valence-electron chi connectivity index (χ4n) is 3.45. The summed E-state index contributed by atoms with van der Waals surface area (Å²) in [5.41, 5.74) is 3.38. The van der Waals surface area contributed by atoms with Crippen LogP contribution in [0.4, 0.5) is 0 Å². The molecule has 2 aliphatic heterocycles. The molecule has 0 spiro atoms. The maximum atomic E-state index is 11.6. The Morgan fingerprint density at radius 2 is 0.833 bits per heavy atom. The second kappa shape index (κ2) is 6.48. The van der Waals surface area contributed by atoms with Gasteiger partial charge in [-0.3, -0.25) is 0 Å². The predicted molar refractivity (Wildman–Crippen MR) is 111 cm³/mol. The molecule has 5 rings (SSSR count). The Hall–Kier alpha value is -4.60. The zero-order valence-electron chi connectivity index (χ0n) is 15.2. The minimum Gasteiger partial charge on any atom is -0.249 e. The standard InChI is InChI=1S/C20H12N6O4/c27-25(28)23-17-5-6-19(23)11-15-3-4-16(22-15)12-20-8-7-18(24(20)26(29)30)10-14-2-1-13(9-17)21-14/h1-12H. The second-order valence-electron chi connectivity index (χ2n) is 6.63. The van der Waals surface area contributed by atoms with Gasteiger partial charge in [0.1, 0.15) is 22.1 Å². The third kappa shape index (κ3) is 2.92. The molecule has 3 aromatic rings. The first-order chi connectivity index (χ1) is 14.5. The van der Waals surface area contributed by atoms with Crippen LogP contribution in [0.25, 0.3) is 46.4 Å². The van der Waals surface area contributed by atoms with E-state index < -0.39 is 10.1 Å². The highest BCUT2D eigenvalue weighted by molar-refractivity contribution is 5.77. The quantitative estimate of drug-likeness (QED) is 0.329. The minimum absolute atomic E-state index is 0.345. The molecule has 0 radical (unpaired) electrons. The van der Waals surface area contributed by atoms with Crippen molar-refractivity contribution in [2.75, 3.05) is 0 Å². The molecule has 0 saturated carbocycles. The summed E-state index contributed by atoms with van der Waals surface area (Å²) in [7, 11) is 0. The van der Waals surface area contributed by atoms with Crippen molar-refractivity contribution < 1.29 is 10.1 Å². The first kappa shape index (κ1) is 17.5. The van der Waals surface area contributed by atoms with Gasteiger partial charge < -0.3 is 0 Å². The van der Waals surface area contributed by atoms with Gasteiger partial charge in [-0.25, -0.2) is 30.2 Å². The Kier molecular flexibility index (Phi) is 3.78. The molecular weight excluding hydrogens is 388 g/mol.